The standard InChI is InChI=1S/C13H12N2O2S/c14-10-6-7-11(13(16)17)15-12(10)18-8-9-4-2-1-3-5-9/h1-7H,8,14H2,(H,16,17). The predicted molar refractivity (Wildman–Crippen MR) is 71.6 cm³/mol. The van der Waals surface area contributed by atoms with Crippen LogP contribution < -0.4 is 5.73 Å². The van der Waals surface area contributed by atoms with Gasteiger partial charge in [0.1, 0.15) is 10.7 Å². The van der Waals surface area contributed by atoms with Crippen molar-refractivity contribution in [2.45, 2.75) is 10.8 Å². The highest BCUT2D eigenvalue weighted by Gasteiger charge is 2.09. The summed E-state index contributed by atoms with van der Waals surface area (Å²) in [5.74, 6) is -0.335. The van der Waals surface area contributed by atoms with Crippen LogP contribution in [0.2, 0.25) is 0 Å². The summed E-state index contributed by atoms with van der Waals surface area (Å²) in [4.78, 5) is 14.9. The first kappa shape index (κ1) is 12.4. The van der Waals surface area contributed by atoms with Crippen molar-refractivity contribution in [2.75, 3.05) is 5.73 Å². The van der Waals surface area contributed by atoms with Gasteiger partial charge in [-0.3, -0.25) is 0 Å². The summed E-state index contributed by atoms with van der Waals surface area (Å²) < 4.78 is 0. The molecule has 1 aromatic carbocycles. The van der Waals surface area contributed by atoms with Crippen LogP contribution in [0.15, 0.2) is 47.5 Å². The van der Waals surface area contributed by atoms with E-state index in [1.807, 2.05) is 30.3 Å². The van der Waals surface area contributed by atoms with Crippen molar-refractivity contribution >= 4 is 23.4 Å². The molecule has 5 heteroatoms. The van der Waals surface area contributed by atoms with Crippen molar-refractivity contribution in [3.63, 3.8) is 0 Å². The highest BCUT2D eigenvalue weighted by molar-refractivity contribution is 7.98. The fourth-order valence-corrected chi connectivity index (χ4v) is 2.31. The van der Waals surface area contributed by atoms with Crippen LogP contribution in [0.3, 0.4) is 0 Å². The molecule has 0 unspecified atom stereocenters. The van der Waals surface area contributed by atoms with Gasteiger partial charge < -0.3 is 10.8 Å². The number of nitrogens with zero attached hydrogens (tertiary/aromatic N) is 1. The maximum absolute atomic E-state index is 10.8. The molecule has 1 aromatic heterocycles. The van der Waals surface area contributed by atoms with E-state index in [4.69, 9.17) is 10.8 Å². The molecule has 2 aromatic rings. The summed E-state index contributed by atoms with van der Waals surface area (Å²) in [6.07, 6.45) is 0. The molecule has 0 saturated carbocycles. The molecule has 0 atom stereocenters. The van der Waals surface area contributed by atoms with Crippen LogP contribution >= 0.6 is 11.8 Å². The van der Waals surface area contributed by atoms with Gasteiger partial charge in [0.25, 0.3) is 0 Å². The number of hydrogen-bond acceptors (Lipinski definition) is 4. The fourth-order valence-electron chi connectivity index (χ4n) is 1.41. The Morgan fingerprint density at radius 2 is 1.94 bits per heavy atom. The van der Waals surface area contributed by atoms with E-state index < -0.39 is 5.97 Å². The molecular formula is C13H12N2O2S. The molecule has 92 valence electrons. The van der Waals surface area contributed by atoms with E-state index in [0.717, 1.165) is 5.56 Å². The van der Waals surface area contributed by atoms with Gasteiger partial charge in [-0.1, -0.05) is 42.1 Å². The van der Waals surface area contributed by atoms with Crippen molar-refractivity contribution in [3.8, 4) is 0 Å². The van der Waals surface area contributed by atoms with Crippen molar-refractivity contribution < 1.29 is 9.90 Å². The molecule has 1 heterocycles. The summed E-state index contributed by atoms with van der Waals surface area (Å²) in [7, 11) is 0. The minimum atomic E-state index is -1.04. The Balaban J connectivity index is 2.14. The molecule has 4 nitrogen and oxygen atoms in total. The van der Waals surface area contributed by atoms with Crippen LogP contribution in [-0.4, -0.2) is 16.1 Å². The van der Waals surface area contributed by atoms with Gasteiger partial charge in [-0.15, -0.1) is 0 Å². The van der Waals surface area contributed by atoms with Gasteiger partial charge in [-0.25, -0.2) is 9.78 Å². The molecule has 18 heavy (non-hydrogen) atoms. The number of carbonyl (C=O) groups is 1. The zero-order valence-corrected chi connectivity index (χ0v) is 10.4. The highest BCUT2D eigenvalue weighted by atomic mass is 32.2. The summed E-state index contributed by atoms with van der Waals surface area (Å²) in [5.41, 5.74) is 7.43. The van der Waals surface area contributed by atoms with Crippen molar-refractivity contribution in [2.24, 2.45) is 0 Å². The number of pyridine rings is 1. The minimum Gasteiger partial charge on any atom is -0.477 e. The fraction of sp³-hybridized carbons (Fsp3) is 0.0769. The van der Waals surface area contributed by atoms with E-state index in [1.165, 1.54) is 17.8 Å². The van der Waals surface area contributed by atoms with Gasteiger partial charge in [0.05, 0.1) is 5.69 Å². The Labute approximate surface area is 109 Å². The average Bonchev–Trinajstić information content (AvgIpc) is 2.38. The molecule has 3 N–H and O–H groups in total. The van der Waals surface area contributed by atoms with E-state index in [9.17, 15) is 4.79 Å². The van der Waals surface area contributed by atoms with Gasteiger partial charge in [0.15, 0.2) is 0 Å². The third-order valence-corrected chi connectivity index (χ3v) is 3.41. The third-order valence-electron chi connectivity index (χ3n) is 2.33. The number of aromatic carboxylic acids is 1. The number of benzene rings is 1. The first-order valence-electron chi connectivity index (χ1n) is 5.33. The molecule has 0 radical (unpaired) electrons. The Morgan fingerprint density at radius 1 is 1.22 bits per heavy atom. The molecule has 0 amide bonds. The maximum Gasteiger partial charge on any atom is 0.354 e. The summed E-state index contributed by atoms with van der Waals surface area (Å²) in [6.45, 7) is 0. The number of hydrogen-bond donors (Lipinski definition) is 2. The van der Waals surface area contributed by atoms with Crippen LogP contribution in [0, 0.1) is 0 Å². The van der Waals surface area contributed by atoms with Crippen molar-refractivity contribution in [3.05, 3.63) is 53.7 Å². The van der Waals surface area contributed by atoms with Crippen molar-refractivity contribution in [1.82, 2.24) is 4.98 Å². The number of rotatable bonds is 4. The van der Waals surface area contributed by atoms with Crippen molar-refractivity contribution in [1.29, 1.82) is 0 Å². The SMILES string of the molecule is Nc1ccc(C(=O)O)nc1SCc1ccccc1. The summed E-state index contributed by atoms with van der Waals surface area (Å²) >= 11 is 1.43. The summed E-state index contributed by atoms with van der Waals surface area (Å²) in [5, 5.41) is 9.43. The number of carboxylic acid groups (broad SMARTS) is 1. The monoisotopic (exact) mass is 260 g/mol. The number of carboxylic acids is 1. The van der Waals surface area contributed by atoms with Gasteiger partial charge in [0.2, 0.25) is 0 Å². The molecule has 0 aliphatic carbocycles. The number of nitrogen functional groups attached to an aromatic ring is 1. The lowest BCUT2D eigenvalue weighted by molar-refractivity contribution is 0.0690. The second-order valence-corrected chi connectivity index (χ2v) is 4.63. The molecule has 2 rings (SSSR count). The molecule has 0 aliphatic heterocycles. The van der Waals surface area contributed by atoms with E-state index in [2.05, 4.69) is 4.98 Å². The normalized spacial score (nSPS) is 10.2. The molecule has 0 spiro atoms. The average molecular weight is 260 g/mol. The Morgan fingerprint density at radius 3 is 2.61 bits per heavy atom. The molecular weight excluding hydrogens is 248 g/mol. The summed E-state index contributed by atoms with van der Waals surface area (Å²) in [6, 6.07) is 12.9. The lowest BCUT2D eigenvalue weighted by Gasteiger charge is -2.05. The maximum atomic E-state index is 10.8. The van der Waals surface area contributed by atoms with Gasteiger partial charge in [-0.05, 0) is 17.7 Å². The smallest absolute Gasteiger partial charge is 0.354 e. The van der Waals surface area contributed by atoms with Gasteiger partial charge in [-0.2, -0.15) is 0 Å². The number of aromatic nitrogens is 1. The Bertz CT molecular complexity index is 558. The largest absolute Gasteiger partial charge is 0.477 e. The first-order chi connectivity index (χ1) is 8.66. The number of anilines is 1. The molecule has 0 bridgehead atoms. The van der Waals surface area contributed by atoms with Crippen LogP contribution in [-0.2, 0) is 5.75 Å². The number of nitrogens with two attached hydrogens (primary N) is 1. The second-order valence-electron chi connectivity index (χ2n) is 3.67. The molecule has 0 fully saturated rings. The van der Waals surface area contributed by atoms with Gasteiger partial charge in [0, 0.05) is 5.75 Å². The van der Waals surface area contributed by atoms with Crippen LogP contribution in [0.1, 0.15) is 16.1 Å². The lowest BCUT2D eigenvalue weighted by atomic mass is 10.2. The predicted octanol–water partition coefficient (Wildman–Crippen LogP) is 2.65. The second kappa shape index (κ2) is 5.55. The quantitative estimate of drug-likeness (QED) is 0.826. The zero-order valence-electron chi connectivity index (χ0n) is 9.54. The minimum absolute atomic E-state index is 0.0137. The highest BCUT2D eigenvalue weighted by Crippen LogP contribution is 2.26. The van der Waals surface area contributed by atoms with Gasteiger partial charge >= 0.3 is 5.97 Å². The zero-order chi connectivity index (χ0) is 13.0. The lowest BCUT2D eigenvalue weighted by Crippen LogP contribution is -2.03. The topological polar surface area (TPSA) is 76.2 Å². The molecule has 0 aliphatic rings. The Kier molecular flexibility index (Phi) is 3.84. The van der Waals surface area contributed by atoms with E-state index in [-0.39, 0.29) is 5.69 Å². The van der Waals surface area contributed by atoms with Crippen LogP contribution in [0.4, 0.5) is 5.69 Å². The van der Waals surface area contributed by atoms with E-state index >= 15 is 0 Å². The number of thioether (sulfide) groups is 1. The van der Waals surface area contributed by atoms with Crippen LogP contribution in [0.5, 0.6) is 0 Å². The van der Waals surface area contributed by atoms with E-state index in [0.29, 0.717) is 16.5 Å². The third kappa shape index (κ3) is 3.01. The van der Waals surface area contributed by atoms with Crippen LogP contribution in [0.25, 0.3) is 0 Å². The van der Waals surface area contributed by atoms with E-state index in [1.54, 1.807) is 6.07 Å². The molecule has 0 saturated heterocycles. The Hall–Kier alpha value is -2.01. The first-order valence-corrected chi connectivity index (χ1v) is 6.32.